The van der Waals surface area contributed by atoms with Gasteiger partial charge in [0, 0.05) is 37.0 Å². The maximum Gasteiger partial charge on any atom is 0.177 e. The molecule has 1 aromatic carbocycles. The fourth-order valence-corrected chi connectivity index (χ4v) is 2.93. The highest BCUT2D eigenvalue weighted by atomic mass is 15.3. The number of hydrogen-bond donors (Lipinski definition) is 1. The molecule has 3 aromatic heterocycles. The molecule has 0 amide bonds. The first kappa shape index (κ1) is 15.3. The molecule has 4 rings (SSSR count). The fraction of sp³-hybridized carbons (Fsp3) is 0.222. The van der Waals surface area contributed by atoms with E-state index in [1.54, 1.807) is 12.7 Å². The summed E-state index contributed by atoms with van der Waals surface area (Å²) in [5.74, 6) is 0.837. The molecule has 0 saturated heterocycles. The minimum atomic E-state index is 0.759. The molecular formula is C18H19N7. The summed E-state index contributed by atoms with van der Waals surface area (Å²) in [6.45, 7) is 3.61. The van der Waals surface area contributed by atoms with Gasteiger partial charge >= 0.3 is 0 Å². The van der Waals surface area contributed by atoms with Gasteiger partial charge < -0.3 is 9.55 Å². The number of rotatable bonds is 6. The molecule has 0 atom stereocenters. The lowest BCUT2D eigenvalue weighted by molar-refractivity contribution is 0.647. The van der Waals surface area contributed by atoms with Gasteiger partial charge in [-0.05, 0) is 6.92 Å². The highest BCUT2D eigenvalue weighted by Gasteiger charge is 2.19. The third-order valence-electron chi connectivity index (χ3n) is 4.19. The van der Waals surface area contributed by atoms with Crippen LogP contribution in [-0.4, -0.2) is 34.3 Å². The first-order chi connectivity index (χ1) is 12.4. The van der Waals surface area contributed by atoms with E-state index in [0.717, 1.165) is 48.0 Å². The second-order valence-electron chi connectivity index (χ2n) is 5.73. The molecule has 25 heavy (non-hydrogen) atoms. The standard InChI is InChI=1S/C18H19N7/c1-2-25-18(21-12-23-25)17-16(14-6-4-3-5-7-14)22-13-24(17)9-8-15-10-19-11-20-15/h3-7,10-13H,2,8-9H2,1H3,(H,19,20). The Balaban J connectivity index is 1.77. The van der Waals surface area contributed by atoms with E-state index in [-0.39, 0.29) is 0 Å². The Bertz CT molecular complexity index is 935. The van der Waals surface area contributed by atoms with Crippen molar-refractivity contribution in [1.29, 1.82) is 0 Å². The number of benzene rings is 1. The van der Waals surface area contributed by atoms with Crippen molar-refractivity contribution < 1.29 is 0 Å². The van der Waals surface area contributed by atoms with Gasteiger partial charge in [-0.3, -0.25) is 0 Å². The van der Waals surface area contributed by atoms with Gasteiger partial charge in [0.1, 0.15) is 12.0 Å². The Kier molecular flexibility index (Phi) is 4.12. The van der Waals surface area contributed by atoms with Crippen LogP contribution < -0.4 is 0 Å². The maximum absolute atomic E-state index is 4.67. The van der Waals surface area contributed by atoms with Crippen LogP contribution in [0.2, 0.25) is 0 Å². The highest BCUT2D eigenvalue weighted by Crippen LogP contribution is 2.30. The quantitative estimate of drug-likeness (QED) is 0.588. The predicted molar refractivity (Wildman–Crippen MR) is 94.6 cm³/mol. The molecule has 126 valence electrons. The van der Waals surface area contributed by atoms with E-state index in [9.17, 15) is 0 Å². The topological polar surface area (TPSA) is 77.2 Å². The van der Waals surface area contributed by atoms with Crippen LogP contribution in [-0.2, 0) is 19.5 Å². The van der Waals surface area contributed by atoms with Crippen LogP contribution in [0.3, 0.4) is 0 Å². The third-order valence-corrected chi connectivity index (χ3v) is 4.19. The van der Waals surface area contributed by atoms with Gasteiger partial charge in [0.2, 0.25) is 0 Å². The van der Waals surface area contributed by atoms with Gasteiger partial charge in [-0.25, -0.2) is 19.6 Å². The van der Waals surface area contributed by atoms with E-state index in [1.807, 2.05) is 35.4 Å². The van der Waals surface area contributed by atoms with Crippen molar-refractivity contribution in [3.63, 3.8) is 0 Å². The lowest BCUT2D eigenvalue weighted by Crippen LogP contribution is -2.07. The van der Waals surface area contributed by atoms with E-state index in [0.29, 0.717) is 0 Å². The number of H-pyrrole nitrogens is 1. The lowest BCUT2D eigenvalue weighted by atomic mass is 10.1. The van der Waals surface area contributed by atoms with Crippen LogP contribution in [0.4, 0.5) is 0 Å². The molecule has 0 aliphatic heterocycles. The zero-order chi connectivity index (χ0) is 17.1. The van der Waals surface area contributed by atoms with Gasteiger partial charge in [-0.1, -0.05) is 30.3 Å². The van der Waals surface area contributed by atoms with Crippen LogP contribution in [0.1, 0.15) is 12.6 Å². The van der Waals surface area contributed by atoms with Crippen LogP contribution in [0.25, 0.3) is 22.8 Å². The van der Waals surface area contributed by atoms with Gasteiger partial charge in [0.25, 0.3) is 0 Å². The molecule has 4 aromatic rings. The van der Waals surface area contributed by atoms with Crippen molar-refractivity contribution in [3.05, 3.63) is 61.2 Å². The second kappa shape index (κ2) is 6.72. The molecule has 0 spiro atoms. The number of aryl methyl sites for hydroxylation is 3. The molecule has 0 radical (unpaired) electrons. The van der Waals surface area contributed by atoms with Gasteiger partial charge in [0.15, 0.2) is 5.82 Å². The zero-order valence-electron chi connectivity index (χ0n) is 14.0. The smallest absolute Gasteiger partial charge is 0.177 e. The summed E-state index contributed by atoms with van der Waals surface area (Å²) < 4.78 is 4.04. The molecular weight excluding hydrogens is 314 g/mol. The summed E-state index contributed by atoms with van der Waals surface area (Å²) in [5.41, 5.74) is 4.08. The van der Waals surface area contributed by atoms with Gasteiger partial charge in [-0.15, -0.1) is 0 Å². The number of aromatic amines is 1. The molecule has 1 N–H and O–H groups in total. The average Bonchev–Trinajstić information content (AvgIpc) is 3.39. The number of aromatic nitrogens is 7. The monoisotopic (exact) mass is 333 g/mol. The third kappa shape index (κ3) is 2.96. The van der Waals surface area contributed by atoms with Crippen molar-refractivity contribution in [2.75, 3.05) is 0 Å². The van der Waals surface area contributed by atoms with Crippen LogP contribution >= 0.6 is 0 Å². The Morgan fingerprint density at radius 2 is 2.00 bits per heavy atom. The minimum Gasteiger partial charge on any atom is -0.348 e. The summed E-state index contributed by atoms with van der Waals surface area (Å²) in [4.78, 5) is 16.4. The Labute approximate surface area is 145 Å². The molecule has 0 saturated carbocycles. The molecule has 0 aliphatic carbocycles. The van der Waals surface area contributed by atoms with Crippen LogP contribution in [0, 0.1) is 0 Å². The lowest BCUT2D eigenvalue weighted by Gasteiger charge is -2.10. The summed E-state index contributed by atoms with van der Waals surface area (Å²) in [6, 6.07) is 10.2. The Hall–Kier alpha value is -3.22. The van der Waals surface area contributed by atoms with E-state index in [2.05, 4.69) is 48.7 Å². The highest BCUT2D eigenvalue weighted by molar-refractivity contribution is 5.75. The summed E-state index contributed by atoms with van der Waals surface area (Å²) in [7, 11) is 0. The van der Waals surface area contributed by atoms with Gasteiger partial charge in [0.05, 0.1) is 18.3 Å². The van der Waals surface area contributed by atoms with Crippen molar-refractivity contribution in [3.8, 4) is 22.8 Å². The van der Waals surface area contributed by atoms with E-state index < -0.39 is 0 Å². The van der Waals surface area contributed by atoms with Gasteiger partial charge in [-0.2, -0.15) is 5.10 Å². The van der Waals surface area contributed by atoms with E-state index in [1.165, 1.54) is 0 Å². The van der Waals surface area contributed by atoms with Crippen molar-refractivity contribution in [1.82, 2.24) is 34.3 Å². The zero-order valence-corrected chi connectivity index (χ0v) is 14.0. The molecule has 3 heterocycles. The van der Waals surface area contributed by atoms with E-state index >= 15 is 0 Å². The number of imidazole rings is 2. The second-order valence-corrected chi connectivity index (χ2v) is 5.73. The molecule has 0 unspecified atom stereocenters. The molecule has 0 aliphatic rings. The molecule has 7 nitrogen and oxygen atoms in total. The molecule has 7 heteroatoms. The fourth-order valence-electron chi connectivity index (χ4n) is 2.93. The SMILES string of the molecule is CCn1ncnc1-c1c(-c2ccccc2)ncn1CCc1cnc[nH]1. The van der Waals surface area contributed by atoms with Crippen LogP contribution in [0.5, 0.6) is 0 Å². The number of nitrogens with zero attached hydrogens (tertiary/aromatic N) is 6. The largest absolute Gasteiger partial charge is 0.348 e. The predicted octanol–water partition coefficient (Wildman–Crippen LogP) is 2.79. The number of hydrogen-bond acceptors (Lipinski definition) is 4. The number of nitrogens with one attached hydrogen (secondary N) is 1. The first-order valence-electron chi connectivity index (χ1n) is 8.32. The maximum atomic E-state index is 4.67. The summed E-state index contributed by atoms with van der Waals surface area (Å²) in [6.07, 6.45) is 7.87. The van der Waals surface area contributed by atoms with Crippen LogP contribution in [0.15, 0.2) is 55.5 Å². The van der Waals surface area contributed by atoms with E-state index in [4.69, 9.17) is 0 Å². The summed E-state index contributed by atoms with van der Waals surface area (Å²) in [5, 5.41) is 4.32. The van der Waals surface area contributed by atoms with Crippen molar-refractivity contribution in [2.24, 2.45) is 0 Å². The first-order valence-corrected chi connectivity index (χ1v) is 8.32. The van der Waals surface area contributed by atoms with Crippen molar-refractivity contribution in [2.45, 2.75) is 26.4 Å². The molecule has 0 bridgehead atoms. The Morgan fingerprint density at radius 1 is 1.12 bits per heavy atom. The minimum absolute atomic E-state index is 0.759. The average molecular weight is 333 g/mol. The Morgan fingerprint density at radius 3 is 2.76 bits per heavy atom. The summed E-state index contributed by atoms with van der Waals surface area (Å²) >= 11 is 0. The van der Waals surface area contributed by atoms with Crippen molar-refractivity contribution >= 4 is 0 Å². The molecule has 0 fully saturated rings. The normalized spacial score (nSPS) is 11.1.